The molecule has 1 aliphatic heterocycles. The highest BCUT2D eigenvalue weighted by molar-refractivity contribution is 4.74. The summed E-state index contributed by atoms with van der Waals surface area (Å²) in [7, 11) is 0. The van der Waals surface area contributed by atoms with Crippen LogP contribution in [-0.4, -0.2) is 6.29 Å². The van der Waals surface area contributed by atoms with Crippen molar-refractivity contribution in [2.24, 2.45) is 0 Å². The molecule has 0 atom stereocenters. The molecule has 0 aromatic heterocycles. The van der Waals surface area contributed by atoms with Crippen LogP contribution in [0.2, 0.25) is 0 Å². The summed E-state index contributed by atoms with van der Waals surface area (Å²) < 4.78 is 10.0. The van der Waals surface area contributed by atoms with Crippen LogP contribution < -0.4 is 0 Å². The molecule has 1 rings (SSSR count). The quantitative estimate of drug-likeness (QED) is 0.537. The summed E-state index contributed by atoms with van der Waals surface area (Å²) >= 11 is 0. The van der Waals surface area contributed by atoms with E-state index in [9.17, 15) is 0 Å². The first-order valence-corrected chi connectivity index (χ1v) is 3.00. The minimum Gasteiger partial charge on any atom is -0.459 e. The SMILES string of the molecule is C=CCCC1OC=CO1. The van der Waals surface area contributed by atoms with Crippen LogP contribution in [0, 0.1) is 0 Å². The number of ether oxygens (including phenoxy) is 2. The fourth-order valence-electron chi connectivity index (χ4n) is 0.662. The van der Waals surface area contributed by atoms with Crippen molar-refractivity contribution >= 4 is 0 Å². The van der Waals surface area contributed by atoms with Gasteiger partial charge < -0.3 is 9.47 Å². The third-order valence-electron chi connectivity index (χ3n) is 1.12. The number of rotatable bonds is 3. The Morgan fingerprint density at radius 1 is 1.44 bits per heavy atom. The van der Waals surface area contributed by atoms with Gasteiger partial charge in [0.15, 0.2) is 0 Å². The van der Waals surface area contributed by atoms with Gasteiger partial charge in [-0.3, -0.25) is 0 Å². The van der Waals surface area contributed by atoms with Crippen LogP contribution in [-0.2, 0) is 9.47 Å². The van der Waals surface area contributed by atoms with E-state index in [2.05, 4.69) is 6.58 Å². The monoisotopic (exact) mass is 126 g/mol. The molecule has 0 bridgehead atoms. The third kappa shape index (κ3) is 1.80. The maximum Gasteiger partial charge on any atom is 0.239 e. The molecule has 1 heterocycles. The molecule has 0 aliphatic carbocycles. The van der Waals surface area contributed by atoms with Gasteiger partial charge in [-0.2, -0.15) is 0 Å². The maximum absolute atomic E-state index is 5.00. The molecule has 1 aliphatic rings. The lowest BCUT2D eigenvalue weighted by Crippen LogP contribution is -2.05. The molecule has 9 heavy (non-hydrogen) atoms. The Hall–Kier alpha value is -0.920. The normalized spacial score (nSPS) is 16.9. The van der Waals surface area contributed by atoms with Crippen molar-refractivity contribution in [1.82, 2.24) is 0 Å². The molecule has 0 aromatic carbocycles. The van der Waals surface area contributed by atoms with E-state index in [0.29, 0.717) is 0 Å². The molecule has 2 nitrogen and oxygen atoms in total. The van der Waals surface area contributed by atoms with Crippen LogP contribution in [0.15, 0.2) is 25.2 Å². The number of allylic oxidation sites excluding steroid dienone is 1. The van der Waals surface area contributed by atoms with Crippen molar-refractivity contribution in [3.63, 3.8) is 0 Å². The van der Waals surface area contributed by atoms with Gasteiger partial charge in [-0.05, 0) is 6.42 Å². The lowest BCUT2D eigenvalue weighted by atomic mass is 10.3. The Morgan fingerprint density at radius 3 is 2.67 bits per heavy atom. The van der Waals surface area contributed by atoms with Crippen molar-refractivity contribution in [2.75, 3.05) is 0 Å². The fraction of sp³-hybridized carbons (Fsp3) is 0.429. The molecule has 0 unspecified atom stereocenters. The van der Waals surface area contributed by atoms with E-state index in [1.165, 1.54) is 0 Å². The predicted molar refractivity (Wildman–Crippen MR) is 34.5 cm³/mol. The highest BCUT2D eigenvalue weighted by Crippen LogP contribution is 2.10. The molecule has 0 N–H and O–H groups in total. The van der Waals surface area contributed by atoms with E-state index in [4.69, 9.17) is 9.47 Å². The summed E-state index contributed by atoms with van der Waals surface area (Å²) in [5.74, 6) is 0. The molecule has 0 saturated heterocycles. The Labute approximate surface area is 54.8 Å². The zero-order valence-corrected chi connectivity index (χ0v) is 5.25. The van der Waals surface area contributed by atoms with Crippen LogP contribution in [0.1, 0.15) is 12.8 Å². The largest absolute Gasteiger partial charge is 0.459 e. The highest BCUT2D eigenvalue weighted by atomic mass is 16.7. The maximum atomic E-state index is 5.00. The van der Waals surface area contributed by atoms with Crippen LogP contribution in [0.5, 0.6) is 0 Å². The first kappa shape index (κ1) is 6.20. The zero-order valence-electron chi connectivity index (χ0n) is 5.25. The smallest absolute Gasteiger partial charge is 0.239 e. The standard InChI is InChI=1S/C7H10O2/c1-2-3-4-7-8-5-6-9-7/h2,5-7H,1,3-4H2. The first-order chi connectivity index (χ1) is 4.43. The van der Waals surface area contributed by atoms with Gasteiger partial charge in [-0.25, -0.2) is 0 Å². The van der Waals surface area contributed by atoms with E-state index in [-0.39, 0.29) is 6.29 Å². The van der Waals surface area contributed by atoms with E-state index >= 15 is 0 Å². The van der Waals surface area contributed by atoms with Crippen LogP contribution in [0.3, 0.4) is 0 Å². The lowest BCUT2D eigenvalue weighted by molar-refractivity contribution is -0.0270. The minimum absolute atomic E-state index is 0.0667. The molecule has 0 amide bonds. The predicted octanol–water partition coefficient (Wildman–Crippen LogP) is 1.80. The van der Waals surface area contributed by atoms with Crippen LogP contribution in [0.25, 0.3) is 0 Å². The van der Waals surface area contributed by atoms with Crippen molar-refractivity contribution in [3.05, 3.63) is 25.2 Å². The molecule has 0 aromatic rings. The molecule has 2 heteroatoms. The van der Waals surface area contributed by atoms with E-state index < -0.39 is 0 Å². The highest BCUT2D eigenvalue weighted by Gasteiger charge is 2.09. The van der Waals surface area contributed by atoms with E-state index in [1.54, 1.807) is 12.5 Å². The van der Waals surface area contributed by atoms with Crippen molar-refractivity contribution in [3.8, 4) is 0 Å². The van der Waals surface area contributed by atoms with Crippen LogP contribution in [0.4, 0.5) is 0 Å². The second kappa shape index (κ2) is 3.17. The molecule has 50 valence electrons. The van der Waals surface area contributed by atoms with Crippen molar-refractivity contribution in [2.45, 2.75) is 19.1 Å². The lowest BCUT2D eigenvalue weighted by Gasteiger charge is -2.06. The summed E-state index contributed by atoms with van der Waals surface area (Å²) in [5, 5.41) is 0. The van der Waals surface area contributed by atoms with Gasteiger partial charge in [-0.1, -0.05) is 6.08 Å². The second-order valence-electron chi connectivity index (χ2n) is 1.84. The Kier molecular flexibility index (Phi) is 2.19. The summed E-state index contributed by atoms with van der Waals surface area (Å²) in [4.78, 5) is 0. The fourth-order valence-corrected chi connectivity index (χ4v) is 0.662. The number of hydrogen-bond donors (Lipinski definition) is 0. The van der Waals surface area contributed by atoms with Gasteiger partial charge >= 0.3 is 0 Å². The summed E-state index contributed by atoms with van der Waals surface area (Å²) in [5.41, 5.74) is 0. The average molecular weight is 126 g/mol. The molecular weight excluding hydrogens is 116 g/mol. The van der Waals surface area contributed by atoms with Gasteiger partial charge in [0.05, 0.1) is 0 Å². The van der Waals surface area contributed by atoms with Crippen molar-refractivity contribution < 1.29 is 9.47 Å². The van der Waals surface area contributed by atoms with E-state index in [1.807, 2.05) is 6.08 Å². The van der Waals surface area contributed by atoms with Crippen LogP contribution >= 0.6 is 0 Å². The molecule has 0 fully saturated rings. The molecule has 0 radical (unpaired) electrons. The summed E-state index contributed by atoms with van der Waals surface area (Å²) in [6.45, 7) is 3.59. The van der Waals surface area contributed by atoms with Gasteiger partial charge in [0, 0.05) is 6.42 Å². The first-order valence-electron chi connectivity index (χ1n) is 3.00. The van der Waals surface area contributed by atoms with Crippen molar-refractivity contribution in [1.29, 1.82) is 0 Å². The average Bonchev–Trinajstić information content (AvgIpc) is 2.34. The summed E-state index contributed by atoms with van der Waals surface area (Å²) in [6.07, 6.45) is 6.73. The number of hydrogen-bond acceptors (Lipinski definition) is 2. The van der Waals surface area contributed by atoms with Gasteiger partial charge in [-0.15, -0.1) is 6.58 Å². The Balaban J connectivity index is 2.07. The topological polar surface area (TPSA) is 18.5 Å². The van der Waals surface area contributed by atoms with Gasteiger partial charge in [0.2, 0.25) is 6.29 Å². The molecular formula is C7H10O2. The zero-order chi connectivity index (χ0) is 6.53. The van der Waals surface area contributed by atoms with Gasteiger partial charge in [0.1, 0.15) is 12.5 Å². The molecule has 0 saturated carbocycles. The van der Waals surface area contributed by atoms with E-state index in [0.717, 1.165) is 12.8 Å². The van der Waals surface area contributed by atoms with Gasteiger partial charge in [0.25, 0.3) is 0 Å². The Morgan fingerprint density at radius 2 is 2.11 bits per heavy atom. The third-order valence-corrected chi connectivity index (χ3v) is 1.12. The molecule has 0 spiro atoms. The minimum atomic E-state index is -0.0667. The summed E-state index contributed by atoms with van der Waals surface area (Å²) in [6, 6.07) is 0. The Bertz CT molecular complexity index is 110. The second-order valence-corrected chi connectivity index (χ2v) is 1.84.